The van der Waals surface area contributed by atoms with Crippen molar-refractivity contribution in [1.82, 2.24) is 19.9 Å². The molecule has 0 radical (unpaired) electrons. The van der Waals surface area contributed by atoms with Gasteiger partial charge in [0.25, 0.3) is 5.91 Å². The van der Waals surface area contributed by atoms with Gasteiger partial charge in [-0.15, -0.1) is 0 Å². The van der Waals surface area contributed by atoms with E-state index in [1.807, 2.05) is 6.92 Å². The number of carbonyl (C=O) groups excluding carboxylic acids is 1. The van der Waals surface area contributed by atoms with E-state index in [0.717, 1.165) is 12.3 Å². The van der Waals surface area contributed by atoms with Crippen molar-refractivity contribution in [1.29, 1.82) is 0 Å². The van der Waals surface area contributed by atoms with E-state index in [2.05, 4.69) is 15.4 Å². The first kappa shape index (κ1) is 19.7. The van der Waals surface area contributed by atoms with E-state index in [9.17, 15) is 18.0 Å². The Kier molecular flexibility index (Phi) is 5.26. The summed E-state index contributed by atoms with van der Waals surface area (Å²) in [5.41, 5.74) is -0.627. The maximum absolute atomic E-state index is 13.6. The average molecular weight is 392 g/mol. The summed E-state index contributed by atoms with van der Waals surface area (Å²) in [6, 6.07) is 7.25. The van der Waals surface area contributed by atoms with Crippen molar-refractivity contribution in [2.45, 2.75) is 32.5 Å². The Morgan fingerprint density at radius 1 is 1.29 bits per heavy atom. The second kappa shape index (κ2) is 7.49. The van der Waals surface area contributed by atoms with Crippen LogP contribution in [0.15, 0.2) is 36.5 Å². The fraction of sp³-hybridized carbons (Fsp3) is 0.316. The lowest BCUT2D eigenvalue weighted by Crippen LogP contribution is -2.32. The van der Waals surface area contributed by atoms with Gasteiger partial charge in [0.05, 0.1) is 19.0 Å². The van der Waals surface area contributed by atoms with Gasteiger partial charge in [-0.1, -0.05) is 6.92 Å². The molecule has 6 nitrogen and oxygen atoms in total. The number of rotatable bonds is 5. The van der Waals surface area contributed by atoms with Crippen LogP contribution in [0, 0.1) is 0 Å². The molecular weight excluding hydrogens is 373 g/mol. The Labute approximate surface area is 159 Å². The van der Waals surface area contributed by atoms with E-state index in [-0.39, 0.29) is 22.9 Å². The molecule has 0 unspecified atom stereocenters. The summed E-state index contributed by atoms with van der Waals surface area (Å²) < 4.78 is 46.5. The summed E-state index contributed by atoms with van der Waals surface area (Å²) in [6.45, 7) is 3.70. The van der Waals surface area contributed by atoms with Gasteiger partial charge >= 0.3 is 6.18 Å². The molecule has 9 heteroatoms. The molecule has 2 aromatic heterocycles. The van der Waals surface area contributed by atoms with Crippen LogP contribution >= 0.6 is 0 Å². The summed E-state index contributed by atoms with van der Waals surface area (Å²) >= 11 is 0. The first-order valence-electron chi connectivity index (χ1n) is 8.65. The Morgan fingerprint density at radius 3 is 2.54 bits per heavy atom. The number of halogens is 3. The quantitative estimate of drug-likeness (QED) is 0.714. The average Bonchev–Trinajstić information content (AvgIpc) is 3.10. The number of aromatic nitrogens is 3. The molecule has 28 heavy (non-hydrogen) atoms. The van der Waals surface area contributed by atoms with Crippen molar-refractivity contribution in [3.05, 3.63) is 47.8 Å². The highest BCUT2D eigenvalue weighted by molar-refractivity contribution is 6.00. The molecule has 1 amide bonds. The van der Waals surface area contributed by atoms with Crippen molar-refractivity contribution in [3.63, 3.8) is 0 Å². The van der Waals surface area contributed by atoms with Crippen molar-refractivity contribution >= 4 is 11.6 Å². The number of ether oxygens (including phenoxy) is 1. The van der Waals surface area contributed by atoms with Gasteiger partial charge in [0.15, 0.2) is 11.3 Å². The van der Waals surface area contributed by atoms with E-state index in [0.29, 0.717) is 22.2 Å². The van der Waals surface area contributed by atoms with Gasteiger partial charge in [-0.2, -0.15) is 18.3 Å². The minimum atomic E-state index is -4.67. The second-order valence-electron chi connectivity index (χ2n) is 6.33. The zero-order valence-corrected chi connectivity index (χ0v) is 15.5. The van der Waals surface area contributed by atoms with E-state index < -0.39 is 17.8 Å². The number of carbonyl (C=O) groups is 1. The van der Waals surface area contributed by atoms with Crippen LogP contribution in [0.2, 0.25) is 0 Å². The lowest BCUT2D eigenvalue weighted by Gasteiger charge is -2.13. The topological polar surface area (TPSA) is 68.5 Å². The van der Waals surface area contributed by atoms with Crippen LogP contribution in [0.1, 0.15) is 36.3 Å². The summed E-state index contributed by atoms with van der Waals surface area (Å²) in [7, 11) is 1.50. The molecular formula is C19H19F3N4O2. The zero-order chi connectivity index (χ0) is 20.5. The number of amides is 1. The van der Waals surface area contributed by atoms with Crippen molar-refractivity contribution in [3.8, 4) is 17.0 Å². The molecule has 148 valence electrons. The van der Waals surface area contributed by atoms with Crippen molar-refractivity contribution in [2.75, 3.05) is 7.11 Å². The summed E-state index contributed by atoms with van der Waals surface area (Å²) in [5, 5.41) is 6.48. The number of hydrogen-bond acceptors (Lipinski definition) is 4. The minimum Gasteiger partial charge on any atom is -0.497 e. The molecule has 0 saturated carbocycles. The number of benzene rings is 1. The van der Waals surface area contributed by atoms with Gasteiger partial charge in [-0.05, 0) is 43.7 Å². The highest BCUT2D eigenvalue weighted by atomic mass is 19.4. The number of nitrogens with zero attached hydrogens (tertiary/aromatic N) is 3. The van der Waals surface area contributed by atoms with Crippen molar-refractivity contribution in [2.24, 2.45) is 0 Å². The molecule has 0 spiro atoms. The fourth-order valence-corrected chi connectivity index (χ4v) is 2.64. The lowest BCUT2D eigenvalue weighted by atomic mass is 10.1. The van der Waals surface area contributed by atoms with Crippen LogP contribution in [0.4, 0.5) is 13.2 Å². The molecule has 1 aromatic carbocycles. The molecule has 0 fully saturated rings. The molecule has 2 heterocycles. The number of methoxy groups -OCH3 is 1. The van der Waals surface area contributed by atoms with E-state index in [1.54, 1.807) is 31.2 Å². The maximum atomic E-state index is 13.6. The zero-order valence-electron chi connectivity index (χ0n) is 15.5. The third-order valence-electron chi connectivity index (χ3n) is 4.38. The van der Waals surface area contributed by atoms with Crippen molar-refractivity contribution < 1.29 is 22.7 Å². The SMILES string of the molecule is CC[C@H](C)NC(=O)c1cnn2c(C(F)(F)F)cc(-c3ccc(OC)cc3)nc12. The lowest BCUT2D eigenvalue weighted by molar-refractivity contribution is -0.142. The molecule has 0 aliphatic rings. The third-order valence-corrected chi connectivity index (χ3v) is 4.38. The summed E-state index contributed by atoms with van der Waals surface area (Å²) in [4.78, 5) is 16.8. The molecule has 0 saturated heterocycles. The Hall–Kier alpha value is -3.10. The predicted molar refractivity (Wildman–Crippen MR) is 97.2 cm³/mol. The molecule has 1 atom stereocenters. The van der Waals surface area contributed by atoms with Crippen LogP contribution in [-0.4, -0.2) is 33.7 Å². The first-order valence-corrected chi connectivity index (χ1v) is 8.65. The van der Waals surface area contributed by atoms with Crippen LogP contribution in [-0.2, 0) is 6.18 Å². The van der Waals surface area contributed by atoms with E-state index in [4.69, 9.17) is 4.74 Å². The Bertz CT molecular complexity index is 997. The van der Waals surface area contributed by atoms with Gasteiger partial charge < -0.3 is 10.1 Å². The number of fused-ring (bicyclic) bond motifs is 1. The highest BCUT2D eigenvalue weighted by Crippen LogP contribution is 2.33. The number of alkyl halides is 3. The smallest absolute Gasteiger partial charge is 0.433 e. The van der Waals surface area contributed by atoms with Crippen LogP contribution in [0.5, 0.6) is 5.75 Å². The highest BCUT2D eigenvalue weighted by Gasteiger charge is 2.36. The van der Waals surface area contributed by atoms with Gasteiger partial charge in [-0.25, -0.2) is 9.50 Å². The van der Waals surface area contributed by atoms with Crippen LogP contribution < -0.4 is 10.1 Å². The van der Waals surface area contributed by atoms with Gasteiger partial charge in [0, 0.05) is 11.6 Å². The molecule has 1 N–H and O–H groups in total. The number of nitrogens with one attached hydrogen (secondary N) is 1. The van der Waals surface area contributed by atoms with E-state index >= 15 is 0 Å². The second-order valence-corrected chi connectivity index (χ2v) is 6.33. The Morgan fingerprint density at radius 2 is 1.96 bits per heavy atom. The molecule has 0 bridgehead atoms. The normalized spacial score (nSPS) is 12.8. The fourth-order valence-electron chi connectivity index (χ4n) is 2.64. The predicted octanol–water partition coefficient (Wildman–Crippen LogP) is 3.95. The molecule has 3 aromatic rings. The standard InChI is InChI=1S/C19H19F3N4O2/c1-4-11(2)24-18(27)14-10-23-26-16(19(20,21)22)9-15(25-17(14)26)12-5-7-13(28-3)8-6-12/h5-11H,4H2,1-3H3,(H,24,27)/t11-/m0/s1. The van der Waals surface area contributed by atoms with Gasteiger partial charge in [0.2, 0.25) is 0 Å². The van der Waals surface area contributed by atoms with Crippen LogP contribution in [0.3, 0.4) is 0 Å². The first-order chi connectivity index (χ1) is 13.2. The number of hydrogen-bond donors (Lipinski definition) is 1. The third kappa shape index (κ3) is 3.78. The monoisotopic (exact) mass is 392 g/mol. The molecule has 3 rings (SSSR count). The van der Waals surface area contributed by atoms with Crippen LogP contribution in [0.25, 0.3) is 16.9 Å². The van der Waals surface area contributed by atoms with E-state index in [1.165, 1.54) is 7.11 Å². The van der Waals surface area contributed by atoms with Gasteiger partial charge in [0.1, 0.15) is 11.3 Å². The summed E-state index contributed by atoms with van der Waals surface area (Å²) in [6.07, 6.45) is -2.88. The summed E-state index contributed by atoms with van der Waals surface area (Å²) in [5.74, 6) is 0.0516. The Balaban J connectivity index is 2.17. The molecule has 0 aliphatic heterocycles. The molecule has 0 aliphatic carbocycles. The largest absolute Gasteiger partial charge is 0.497 e. The minimum absolute atomic E-state index is 0.0128. The van der Waals surface area contributed by atoms with Gasteiger partial charge in [-0.3, -0.25) is 4.79 Å². The maximum Gasteiger partial charge on any atom is 0.433 e.